The maximum atomic E-state index is 12.0. The minimum absolute atomic E-state index is 0.144. The fourth-order valence-corrected chi connectivity index (χ4v) is 1.76. The van der Waals surface area contributed by atoms with Gasteiger partial charge in [0, 0.05) is 45.1 Å². The Hall–Kier alpha value is -1.78. The standard InChI is InChI=1S/C13H22N4O/c1-5-17(6-2)13(18)10-16(4)11-7-8-15-12(9-11)14-3/h7-9H,5-6,10H2,1-4H3,(H,14,15). The number of carbonyl (C=O) groups is 1. The largest absolute Gasteiger partial charge is 0.373 e. The number of likely N-dealkylation sites (N-methyl/N-ethyl adjacent to an activating group) is 2. The van der Waals surface area contributed by atoms with E-state index in [2.05, 4.69) is 10.3 Å². The van der Waals surface area contributed by atoms with Crippen molar-refractivity contribution in [1.82, 2.24) is 9.88 Å². The van der Waals surface area contributed by atoms with Crippen molar-refractivity contribution >= 4 is 17.4 Å². The maximum Gasteiger partial charge on any atom is 0.242 e. The highest BCUT2D eigenvalue weighted by Crippen LogP contribution is 2.15. The lowest BCUT2D eigenvalue weighted by atomic mass is 10.3. The molecule has 0 spiro atoms. The van der Waals surface area contributed by atoms with E-state index < -0.39 is 0 Å². The molecule has 1 amide bonds. The predicted molar refractivity (Wildman–Crippen MR) is 75.0 cm³/mol. The van der Waals surface area contributed by atoms with Crippen LogP contribution in [0.5, 0.6) is 0 Å². The van der Waals surface area contributed by atoms with Crippen LogP contribution in [-0.4, -0.2) is 49.5 Å². The van der Waals surface area contributed by atoms with Gasteiger partial charge >= 0.3 is 0 Å². The molecule has 0 fully saturated rings. The molecule has 1 N–H and O–H groups in total. The zero-order chi connectivity index (χ0) is 13.5. The van der Waals surface area contributed by atoms with E-state index in [4.69, 9.17) is 0 Å². The summed E-state index contributed by atoms with van der Waals surface area (Å²) in [5.41, 5.74) is 0.981. The number of amides is 1. The van der Waals surface area contributed by atoms with Crippen molar-refractivity contribution in [2.75, 3.05) is 43.9 Å². The molecule has 1 rings (SSSR count). The van der Waals surface area contributed by atoms with E-state index >= 15 is 0 Å². The monoisotopic (exact) mass is 250 g/mol. The van der Waals surface area contributed by atoms with E-state index in [-0.39, 0.29) is 5.91 Å². The molecule has 0 saturated carbocycles. The summed E-state index contributed by atoms with van der Waals surface area (Å²) in [6.07, 6.45) is 1.74. The summed E-state index contributed by atoms with van der Waals surface area (Å²) >= 11 is 0. The zero-order valence-corrected chi connectivity index (χ0v) is 11.6. The number of hydrogen-bond acceptors (Lipinski definition) is 4. The highest BCUT2D eigenvalue weighted by atomic mass is 16.2. The predicted octanol–water partition coefficient (Wildman–Crippen LogP) is 1.43. The van der Waals surface area contributed by atoms with Gasteiger partial charge in [0.15, 0.2) is 0 Å². The normalized spacial score (nSPS) is 10.0. The van der Waals surface area contributed by atoms with Gasteiger partial charge in [0.25, 0.3) is 0 Å². The van der Waals surface area contributed by atoms with Crippen LogP contribution < -0.4 is 10.2 Å². The van der Waals surface area contributed by atoms with Crippen molar-refractivity contribution in [3.63, 3.8) is 0 Å². The van der Waals surface area contributed by atoms with Gasteiger partial charge in [-0.2, -0.15) is 0 Å². The average molecular weight is 250 g/mol. The van der Waals surface area contributed by atoms with Crippen LogP contribution in [0.15, 0.2) is 18.3 Å². The summed E-state index contributed by atoms with van der Waals surface area (Å²) in [6, 6.07) is 3.83. The molecule has 0 radical (unpaired) electrons. The lowest BCUT2D eigenvalue weighted by Crippen LogP contribution is -2.38. The number of hydrogen-bond donors (Lipinski definition) is 1. The third kappa shape index (κ3) is 3.61. The van der Waals surface area contributed by atoms with Gasteiger partial charge in [-0.3, -0.25) is 4.79 Å². The number of nitrogens with zero attached hydrogens (tertiary/aromatic N) is 3. The second-order valence-corrected chi connectivity index (χ2v) is 4.07. The van der Waals surface area contributed by atoms with E-state index in [1.165, 1.54) is 0 Å². The van der Waals surface area contributed by atoms with Crippen molar-refractivity contribution in [3.8, 4) is 0 Å². The molecule has 0 saturated heterocycles. The third-order valence-corrected chi connectivity index (χ3v) is 2.93. The lowest BCUT2D eigenvalue weighted by Gasteiger charge is -2.24. The number of rotatable bonds is 6. The number of carbonyl (C=O) groups excluding carboxylic acids is 1. The van der Waals surface area contributed by atoms with Crippen molar-refractivity contribution in [1.29, 1.82) is 0 Å². The molecule has 0 aromatic carbocycles. The Morgan fingerprint density at radius 2 is 2.06 bits per heavy atom. The summed E-state index contributed by atoms with van der Waals surface area (Å²) < 4.78 is 0. The highest BCUT2D eigenvalue weighted by molar-refractivity contribution is 5.81. The van der Waals surface area contributed by atoms with Gasteiger partial charge in [-0.1, -0.05) is 0 Å². The molecule has 0 aliphatic carbocycles. The van der Waals surface area contributed by atoms with Crippen LogP contribution in [0, 0.1) is 0 Å². The summed E-state index contributed by atoms with van der Waals surface area (Å²) in [7, 11) is 3.74. The molecular weight excluding hydrogens is 228 g/mol. The quantitative estimate of drug-likeness (QED) is 0.829. The Morgan fingerprint density at radius 3 is 2.61 bits per heavy atom. The topological polar surface area (TPSA) is 48.5 Å². The van der Waals surface area contributed by atoms with E-state index in [0.717, 1.165) is 24.6 Å². The van der Waals surface area contributed by atoms with E-state index in [1.54, 1.807) is 6.20 Å². The molecule has 1 aromatic heterocycles. The van der Waals surface area contributed by atoms with Crippen LogP contribution in [0.2, 0.25) is 0 Å². The van der Waals surface area contributed by atoms with Crippen LogP contribution in [0.25, 0.3) is 0 Å². The van der Waals surface area contributed by atoms with Crippen molar-refractivity contribution in [2.24, 2.45) is 0 Å². The van der Waals surface area contributed by atoms with Gasteiger partial charge < -0.3 is 15.1 Å². The molecule has 0 bridgehead atoms. The molecule has 1 aromatic rings. The Kier molecular flexibility index (Phi) is 5.42. The summed E-state index contributed by atoms with van der Waals surface area (Å²) in [5.74, 6) is 0.944. The van der Waals surface area contributed by atoms with Crippen molar-refractivity contribution < 1.29 is 4.79 Å². The second-order valence-electron chi connectivity index (χ2n) is 4.07. The second kappa shape index (κ2) is 6.83. The highest BCUT2D eigenvalue weighted by Gasteiger charge is 2.12. The third-order valence-electron chi connectivity index (χ3n) is 2.93. The first-order chi connectivity index (χ1) is 8.62. The fourth-order valence-electron chi connectivity index (χ4n) is 1.76. The van der Waals surface area contributed by atoms with Crippen LogP contribution in [-0.2, 0) is 4.79 Å². The van der Waals surface area contributed by atoms with E-state index in [9.17, 15) is 4.79 Å². The molecule has 0 atom stereocenters. The van der Waals surface area contributed by atoms with E-state index in [0.29, 0.717) is 6.54 Å². The smallest absolute Gasteiger partial charge is 0.242 e. The number of aromatic nitrogens is 1. The van der Waals surface area contributed by atoms with Gasteiger partial charge in [0.1, 0.15) is 5.82 Å². The van der Waals surface area contributed by atoms with Gasteiger partial charge in [0.05, 0.1) is 6.54 Å². The minimum atomic E-state index is 0.144. The molecule has 0 unspecified atom stereocenters. The molecule has 1 heterocycles. The first kappa shape index (κ1) is 14.3. The molecule has 5 heteroatoms. The number of nitrogens with one attached hydrogen (secondary N) is 1. The summed E-state index contributed by atoms with van der Waals surface area (Å²) in [6.45, 7) is 5.87. The Bertz CT molecular complexity index is 390. The molecule has 0 aliphatic heterocycles. The number of pyridine rings is 1. The van der Waals surface area contributed by atoms with Crippen LogP contribution in [0.3, 0.4) is 0 Å². The van der Waals surface area contributed by atoms with Gasteiger partial charge in [0.2, 0.25) is 5.91 Å². The Balaban J connectivity index is 2.69. The number of anilines is 2. The molecule has 5 nitrogen and oxygen atoms in total. The Morgan fingerprint density at radius 1 is 1.39 bits per heavy atom. The fraction of sp³-hybridized carbons (Fsp3) is 0.538. The van der Waals surface area contributed by atoms with Crippen LogP contribution in [0.1, 0.15) is 13.8 Å². The first-order valence-electron chi connectivity index (χ1n) is 6.25. The molecular formula is C13H22N4O. The molecule has 18 heavy (non-hydrogen) atoms. The van der Waals surface area contributed by atoms with Gasteiger partial charge in [-0.05, 0) is 19.9 Å². The summed E-state index contributed by atoms with van der Waals surface area (Å²) in [5, 5.41) is 2.99. The van der Waals surface area contributed by atoms with Crippen molar-refractivity contribution in [3.05, 3.63) is 18.3 Å². The Labute approximate surface area is 109 Å². The van der Waals surface area contributed by atoms with Crippen LogP contribution >= 0.6 is 0 Å². The first-order valence-corrected chi connectivity index (χ1v) is 6.25. The molecule has 0 aliphatic rings. The van der Waals surface area contributed by atoms with Gasteiger partial charge in [-0.25, -0.2) is 4.98 Å². The maximum absolute atomic E-state index is 12.0. The van der Waals surface area contributed by atoms with E-state index in [1.807, 2.05) is 49.9 Å². The van der Waals surface area contributed by atoms with Crippen molar-refractivity contribution in [2.45, 2.75) is 13.8 Å². The summed E-state index contributed by atoms with van der Waals surface area (Å²) in [4.78, 5) is 19.9. The van der Waals surface area contributed by atoms with Crippen LogP contribution in [0.4, 0.5) is 11.5 Å². The SMILES string of the molecule is CCN(CC)C(=O)CN(C)c1ccnc(NC)c1. The minimum Gasteiger partial charge on any atom is -0.373 e. The zero-order valence-electron chi connectivity index (χ0n) is 11.6. The molecule has 100 valence electrons. The lowest BCUT2D eigenvalue weighted by molar-refractivity contribution is -0.129. The average Bonchev–Trinajstić information content (AvgIpc) is 2.40. The van der Waals surface area contributed by atoms with Gasteiger partial charge in [-0.15, -0.1) is 0 Å².